The molecule has 1 aliphatic heterocycles. The van der Waals surface area contributed by atoms with E-state index in [0.29, 0.717) is 31.9 Å². The van der Waals surface area contributed by atoms with Gasteiger partial charge in [-0.05, 0) is 42.3 Å². The fraction of sp³-hybridized carbons (Fsp3) is 0.238. The lowest BCUT2D eigenvalue weighted by Crippen LogP contribution is -2.51. The molecular formula is C21H22FN3O2. The van der Waals surface area contributed by atoms with Gasteiger partial charge in [-0.15, -0.1) is 0 Å². The van der Waals surface area contributed by atoms with E-state index in [9.17, 15) is 14.0 Å². The zero-order valence-corrected chi connectivity index (χ0v) is 15.2. The molecule has 1 N–H and O–H groups in total. The van der Waals surface area contributed by atoms with Gasteiger partial charge in [-0.3, -0.25) is 4.79 Å². The van der Waals surface area contributed by atoms with Crippen molar-refractivity contribution in [1.29, 1.82) is 0 Å². The Morgan fingerprint density at radius 2 is 1.52 bits per heavy atom. The largest absolute Gasteiger partial charge is 0.336 e. The summed E-state index contributed by atoms with van der Waals surface area (Å²) in [7, 11) is 0. The molecule has 0 saturated carbocycles. The topological polar surface area (TPSA) is 52.7 Å². The summed E-state index contributed by atoms with van der Waals surface area (Å²) in [4.78, 5) is 28.2. The minimum Gasteiger partial charge on any atom is -0.336 e. The van der Waals surface area contributed by atoms with Crippen LogP contribution in [-0.4, -0.2) is 47.9 Å². The number of carbonyl (C=O) groups is 2. The van der Waals surface area contributed by atoms with Crippen molar-refractivity contribution in [3.63, 3.8) is 0 Å². The standard InChI is InChI=1S/C21H22FN3O2/c1-16(17-5-3-2-4-6-17)15-20(26)24-11-13-25(14-12-24)21(27)23-19-9-7-18(22)8-10-19/h2-10,15H,11-14H2,1H3,(H,23,27). The second-order valence-electron chi connectivity index (χ2n) is 6.44. The van der Waals surface area contributed by atoms with Crippen molar-refractivity contribution in [2.75, 3.05) is 31.5 Å². The number of benzene rings is 2. The first-order chi connectivity index (χ1) is 13.0. The molecule has 3 amide bonds. The zero-order valence-electron chi connectivity index (χ0n) is 15.2. The molecule has 0 atom stereocenters. The quantitative estimate of drug-likeness (QED) is 0.843. The second kappa shape index (κ2) is 8.49. The molecular weight excluding hydrogens is 345 g/mol. The minimum atomic E-state index is -0.348. The predicted octanol–water partition coefficient (Wildman–Crippen LogP) is 3.61. The van der Waals surface area contributed by atoms with E-state index in [-0.39, 0.29) is 17.8 Å². The maximum atomic E-state index is 12.9. The maximum absolute atomic E-state index is 12.9. The van der Waals surface area contributed by atoms with Crippen LogP contribution in [0, 0.1) is 5.82 Å². The molecule has 1 saturated heterocycles. The number of piperazine rings is 1. The summed E-state index contributed by atoms with van der Waals surface area (Å²) >= 11 is 0. The second-order valence-corrected chi connectivity index (χ2v) is 6.44. The molecule has 1 heterocycles. The van der Waals surface area contributed by atoms with Gasteiger partial charge in [0.15, 0.2) is 0 Å². The summed E-state index contributed by atoms with van der Waals surface area (Å²) in [5.74, 6) is -0.395. The fourth-order valence-electron chi connectivity index (χ4n) is 2.93. The Kier molecular flexibility index (Phi) is 5.86. The number of rotatable bonds is 3. The first-order valence-electron chi connectivity index (χ1n) is 8.87. The van der Waals surface area contributed by atoms with Crippen molar-refractivity contribution < 1.29 is 14.0 Å². The van der Waals surface area contributed by atoms with E-state index in [2.05, 4.69) is 5.32 Å². The SMILES string of the molecule is CC(=CC(=O)N1CCN(C(=O)Nc2ccc(F)cc2)CC1)c1ccccc1. The van der Waals surface area contributed by atoms with Gasteiger partial charge in [-0.2, -0.15) is 0 Å². The van der Waals surface area contributed by atoms with Crippen LogP contribution in [-0.2, 0) is 4.79 Å². The van der Waals surface area contributed by atoms with Gasteiger partial charge in [-0.25, -0.2) is 9.18 Å². The van der Waals surface area contributed by atoms with E-state index < -0.39 is 0 Å². The smallest absolute Gasteiger partial charge is 0.321 e. The van der Waals surface area contributed by atoms with Crippen LogP contribution in [0.4, 0.5) is 14.9 Å². The third-order valence-electron chi connectivity index (χ3n) is 4.54. The lowest BCUT2D eigenvalue weighted by molar-refractivity contribution is -0.127. The number of hydrogen-bond acceptors (Lipinski definition) is 2. The first kappa shape index (κ1) is 18.6. The maximum Gasteiger partial charge on any atom is 0.321 e. The number of nitrogens with one attached hydrogen (secondary N) is 1. The summed E-state index contributed by atoms with van der Waals surface area (Å²) in [6, 6.07) is 15.1. The Hall–Kier alpha value is -3.15. The van der Waals surface area contributed by atoms with E-state index in [0.717, 1.165) is 11.1 Å². The summed E-state index contributed by atoms with van der Waals surface area (Å²) in [6.45, 7) is 3.79. The molecule has 0 aromatic heterocycles. The Morgan fingerprint density at radius 1 is 0.926 bits per heavy atom. The average molecular weight is 367 g/mol. The molecule has 1 aliphatic rings. The molecule has 0 radical (unpaired) electrons. The zero-order chi connectivity index (χ0) is 19.2. The van der Waals surface area contributed by atoms with Crippen molar-refractivity contribution in [3.8, 4) is 0 Å². The molecule has 5 nitrogen and oxygen atoms in total. The normalized spacial score (nSPS) is 14.8. The van der Waals surface area contributed by atoms with Gasteiger partial charge >= 0.3 is 6.03 Å². The summed E-state index contributed by atoms with van der Waals surface area (Å²) < 4.78 is 12.9. The van der Waals surface area contributed by atoms with Crippen LogP contribution in [0.5, 0.6) is 0 Å². The Morgan fingerprint density at radius 3 is 2.15 bits per heavy atom. The highest BCUT2D eigenvalue weighted by Crippen LogP contribution is 2.15. The molecule has 2 aromatic carbocycles. The van der Waals surface area contributed by atoms with Crippen LogP contribution >= 0.6 is 0 Å². The molecule has 140 valence electrons. The lowest BCUT2D eigenvalue weighted by atomic mass is 10.1. The van der Waals surface area contributed by atoms with Gasteiger partial charge in [0.25, 0.3) is 0 Å². The molecule has 27 heavy (non-hydrogen) atoms. The highest BCUT2D eigenvalue weighted by Gasteiger charge is 2.23. The van der Waals surface area contributed by atoms with E-state index in [1.165, 1.54) is 24.3 Å². The molecule has 3 rings (SSSR count). The number of amides is 3. The van der Waals surface area contributed by atoms with Crippen LogP contribution in [0.15, 0.2) is 60.7 Å². The van der Waals surface area contributed by atoms with E-state index in [4.69, 9.17) is 0 Å². The van der Waals surface area contributed by atoms with Gasteiger partial charge in [0, 0.05) is 37.9 Å². The molecule has 0 aliphatic carbocycles. The van der Waals surface area contributed by atoms with E-state index in [1.807, 2.05) is 37.3 Å². The van der Waals surface area contributed by atoms with Crippen molar-refractivity contribution in [1.82, 2.24) is 9.80 Å². The molecule has 1 fully saturated rings. The monoisotopic (exact) mass is 367 g/mol. The van der Waals surface area contributed by atoms with Gasteiger partial charge in [0.1, 0.15) is 5.82 Å². The molecule has 0 unspecified atom stereocenters. The molecule has 2 aromatic rings. The Balaban J connectivity index is 1.53. The minimum absolute atomic E-state index is 0.0463. The van der Waals surface area contributed by atoms with Crippen LogP contribution in [0.3, 0.4) is 0 Å². The molecule has 0 spiro atoms. The van der Waals surface area contributed by atoms with Gasteiger partial charge in [0.2, 0.25) is 5.91 Å². The number of halogens is 1. The first-order valence-corrected chi connectivity index (χ1v) is 8.87. The average Bonchev–Trinajstić information content (AvgIpc) is 2.70. The van der Waals surface area contributed by atoms with Gasteiger partial charge < -0.3 is 15.1 Å². The van der Waals surface area contributed by atoms with Crippen molar-refractivity contribution in [2.24, 2.45) is 0 Å². The lowest BCUT2D eigenvalue weighted by Gasteiger charge is -2.34. The van der Waals surface area contributed by atoms with Gasteiger partial charge in [-0.1, -0.05) is 30.3 Å². The highest BCUT2D eigenvalue weighted by atomic mass is 19.1. The Labute approximate surface area is 158 Å². The summed E-state index contributed by atoms with van der Waals surface area (Å²) in [5.41, 5.74) is 2.47. The highest BCUT2D eigenvalue weighted by molar-refractivity contribution is 5.95. The molecule has 6 heteroatoms. The summed E-state index contributed by atoms with van der Waals surface area (Å²) in [5, 5.41) is 2.74. The number of urea groups is 1. The van der Waals surface area contributed by atoms with Crippen LogP contribution in [0.2, 0.25) is 0 Å². The number of carbonyl (C=O) groups excluding carboxylic acids is 2. The summed E-state index contributed by atoms with van der Waals surface area (Å²) in [6.07, 6.45) is 1.64. The third kappa shape index (κ3) is 4.94. The van der Waals surface area contributed by atoms with E-state index >= 15 is 0 Å². The number of hydrogen-bond donors (Lipinski definition) is 1. The fourth-order valence-corrected chi connectivity index (χ4v) is 2.93. The van der Waals surface area contributed by atoms with E-state index in [1.54, 1.807) is 15.9 Å². The number of allylic oxidation sites excluding steroid dienone is 1. The number of nitrogens with zero attached hydrogens (tertiary/aromatic N) is 2. The van der Waals surface area contributed by atoms with Crippen molar-refractivity contribution >= 4 is 23.2 Å². The van der Waals surface area contributed by atoms with Crippen molar-refractivity contribution in [2.45, 2.75) is 6.92 Å². The number of anilines is 1. The van der Waals surface area contributed by atoms with Crippen LogP contribution < -0.4 is 5.32 Å². The Bertz CT molecular complexity index is 826. The van der Waals surface area contributed by atoms with Crippen LogP contribution in [0.1, 0.15) is 12.5 Å². The third-order valence-corrected chi connectivity index (χ3v) is 4.54. The predicted molar refractivity (Wildman–Crippen MR) is 104 cm³/mol. The van der Waals surface area contributed by atoms with Gasteiger partial charge in [0.05, 0.1) is 0 Å². The van der Waals surface area contributed by atoms with Crippen molar-refractivity contribution in [3.05, 3.63) is 72.1 Å². The van der Waals surface area contributed by atoms with Crippen LogP contribution in [0.25, 0.3) is 5.57 Å². The molecule has 0 bridgehead atoms.